The third-order valence-electron chi connectivity index (χ3n) is 1.94. The van der Waals surface area contributed by atoms with Gasteiger partial charge in [0.05, 0.1) is 12.5 Å². The maximum Gasteiger partial charge on any atom is 0.308 e. The number of carbonyl (C=O) groups excluding carboxylic acids is 1. The van der Waals surface area contributed by atoms with Crippen molar-refractivity contribution in [3.8, 4) is 0 Å². The number of hydrogen-bond acceptors (Lipinski definition) is 3. The van der Waals surface area contributed by atoms with Crippen LogP contribution in [0.15, 0.2) is 0 Å². The molecule has 0 aromatic heterocycles. The fourth-order valence-corrected chi connectivity index (χ4v) is 1.30. The van der Waals surface area contributed by atoms with Crippen molar-refractivity contribution < 1.29 is 14.7 Å². The van der Waals surface area contributed by atoms with Crippen molar-refractivity contribution in [3.63, 3.8) is 0 Å². The minimum absolute atomic E-state index is 0.0729. The molecule has 0 aliphatic heterocycles. The summed E-state index contributed by atoms with van der Waals surface area (Å²) in [5.41, 5.74) is 5.03. The average molecular weight is 216 g/mol. The number of carbonyl (C=O) groups is 2. The maximum absolute atomic E-state index is 10.9. The zero-order valence-electron chi connectivity index (χ0n) is 9.54. The summed E-state index contributed by atoms with van der Waals surface area (Å²) in [6, 6.07) is 0. The average Bonchev–Trinajstić information content (AvgIpc) is 2.09. The Morgan fingerprint density at radius 3 is 2.27 bits per heavy atom. The number of rotatable bonds is 5. The molecule has 0 fully saturated rings. The Labute approximate surface area is 90.0 Å². The molecule has 0 saturated heterocycles. The van der Waals surface area contributed by atoms with E-state index in [0.717, 1.165) is 0 Å². The molecule has 0 aromatic carbocycles. The van der Waals surface area contributed by atoms with Gasteiger partial charge in [0.1, 0.15) is 0 Å². The molecule has 0 aliphatic carbocycles. The van der Waals surface area contributed by atoms with Crippen molar-refractivity contribution in [2.24, 2.45) is 17.1 Å². The number of hydrogen-bond donors (Lipinski definition) is 3. The Morgan fingerprint density at radius 2 is 1.93 bits per heavy atom. The Kier molecular flexibility index (Phi) is 5.28. The van der Waals surface area contributed by atoms with Crippen LogP contribution in [0.2, 0.25) is 0 Å². The predicted molar refractivity (Wildman–Crippen MR) is 57.3 cm³/mol. The minimum atomic E-state index is -0.887. The van der Waals surface area contributed by atoms with E-state index >= 15 is 0 Å². The molecule has 0 aromatic rings. The molecule has 5 nitrogen and oxygen atoms in total. The number of amides is 1. The summed E-state index contributed by atoms with van der Waals surface area (Å²) in [5.74, 6) is -1.77. The van der Waals surface area contributed by atoms with Gasteiger partial charge in [-0.3, -0.25) is 9.59 Å². The topological polar surface area (TPSA) is 92.4 Å². The summed E-state index contributed by atoms with van der Waals surface area (Å²) in [4.78, 5) is 21.8. The highest BCUT2D eigenvalue weighted by Gasteiger charge is 2.24. The van der Waals surface area contributed by atoms with E-state index in [9.17, 15) is 9.59 Å². The van der Waals surface area contributed by atoms with E-state index in [0.29, 0.717) is 6.42 Å². The molecule has 4 N–H and O–H groups in total. The van der Waals surface area contributed by atoms with Crippen LogP contribution in [0.25, 0.3) is 0 Å². The number of aliphatic carboxylic acids is 1. The number of carboxylic acids is 1. The second-order valence-corrected chi connectivity index (χ2v) is 4.81. The van der Waals surface area contributed by atoms with Gasteiger partial charge < -0.3 is 16.2 Å². The van der Waals surface area contributed by atoms with Crippen LogP contribution in [0.3, 0.4) is 0 Å². The second kappa shape index (κ2) is 5.70. The zero-order chi connectivity index (χ0) is 12.1. The first-order valence-electron chi connectivity index (χ1n) is 4.96. The van der Waals surface area contributed by atoms with E-state index in [2.05, 4.69) is 5.32 Å². The zero-order valence-corrected chi connectivity index (χ0v) is 9.54. The third kappa shape index (κ3) is 6.90. The minimum Gasteiger partial charge on any atom is -0.481 e. The Bertz CT molecular complexity index is 233. The van der Waals surface area contributed by atoms with Gasteiger partial charge >= 0.3 is 5.97 Å². The third-order valence-corrected chi connectivity index (χ3v) is 1.94. The summed E-state index contributed by atoms with van der Waals surface area (Å²) in [7, 11) is 0. The number of nitrogens with one attached hydrogen (secondary N) is 1. The smallest absolute Gasteiger partial charge is 0.308 e. The van der Waals surface area contributed by atoms with Crippen molar-refractivity contribution >= 4 is 11.9 Å². The van der Waals surface area contributed by atoms with E-state index < -0.39 is 11.9 Å². The summed E-state index contributed by atoms with van der Waals surface area (Å²) < 4.78 is 0. The van der Waals surface area contributed by atoms with Crippen LogP contribution in [0.5, 0.6) is 0 Å². The number of carboxylic acid groups (broad SMARTS) is 1. The van der Waals surface area contributed by atoms with Crippen LogP contribution in [-0.4, -0.2) is 30.1 Å². The molecule has 0 spiro atoms. The van der Waals surface area contributed by atoms with Crippen molar-refractivity contribution in [3.05, 3.63) is 0 Å². The van der Waals surface area contributed by atoms with Crippen LogP contribution in [0.4, 0.5) is 0 Å². The Balaban J connectivity index is 4.18. The van der Waals surface area contributed by atoms with Gasteiger partial charge in [0.25, 0.3) is 0 Å². The fourth-order valence-electron chi connectivity index (χ4n) is 1.30. The van der Waals surface area contributed by atoms with Gasteiger partial charge in [0, 0.05) is 6.54 Å². The van der Waals surface area contributed by atoms with Crippen LogP contribution in [-0.2, 0) is 9.59 Å². The van der Waals surface area contributed by atoms with Crippen LogP contribution in [0.1, 0.15) is 27.2 Å². The normalized spacial score (nSPS) is 13.3. The van der Waals surface area contributed by atoms with Gasteiger partial charge in [-0.05, 0) is 11.8 Å². The molecule has 1 unspecified atom stereocenters. The summed E-state index contributed by atoms with van der Waals surface area (Å²) in [6.45, 7) is 5.93. The van der Waals surface area contributed by atoms with Crippen LogP contribution < -0.4 is 11.1 Å². The van der Waals surface area contributed by atoms with Gasteiger partial charge in [0.2, 0.25) is 5.91 Å². The lowest BCUT2D eigenvalue weighted by molar-refractivity contribution is -0.142. The molecule has 0 saturated carbocycles. The first-order valence-corrected chi connectivity index (χ1v) is 4.96. The monoisotopic (exact) mass is 216 g/mol. The van der Waals surface area contributed by atoms with Gasteiger partial charge in [-0.25, -0.2) is 0 Å². The highest BCUT2D eigenvalue weighted by molar-refractivity contribution is 5.78. The summed E-state index contributed by atoms with van der Waals surface area (Å²) >= 11 is 0. The largest absolute Gasteiger partial charge is 0.481 e. The summed E-state index contributed by atoms with van der Waals surface area (Å²) in [5, 5.41) is 11.4. The molecule has 0 aliphatic rings. The lowest BCUT2D eigenvalue weighted by Gasteiger charge is -2.23. The number of nitrogens with two attached hydrogens (primary N) is 1. The molecule has 0 rings (SSSR count). The van der Waals surface area contributed by atoms with Crippen LogP contribution >= 0.6 is 0 Å². The molecule has 1 atom stereocenters. The van der Waals surface area contributed by atoms with E-state index in [4.69, 9.17) is 10.8 Å². The Morgan fingerprint density at radius 1 is 1.40 bits per heavy atom. The van der Waals surface area contributed by atoms with Crippen LogP contribution in [0, 0.1) is 11.3 Å². The molecule has 15 heavy (non-hydrogen) atoms. The molecular formula is C10H20N2O3. The predicted octanol–water partition coefficient (Wildman–Crippen LogP) is 0.198. The van der Waals surface area contributed by atoms with E-state index in [1.807, 2.05) is 20.8 Å². The molecule has 88 valence electrons. The molecule has 0 heterocycles. The van der Waals surface area contributed by atoms with E-state index in [-0.39, 0.29) is 24.4 Å². The fraction of sp³-hybridized carbons (Fsp3) is 0.800. The van der Waals surface area contributed by atoms with Crippen molar-refractivity contribution in [1.29, 1.82) is 0 Å². The van der Waals surface area contributed by atoms with Crippen molar-refractivity contribution in [2.45, 2.75) is 27.2 Å². The lowest BCUT2D eigenvalue weighted by atomic mass is 9.84. The molecule has 1 amide bonds. The lowest BCUT2D eigenvalue weighted by Crippen LogP contribution is -2.37. The standard InChI is InChI=1S/C10H20N2O3/c1-10(2,3)4-7(9(14)15)6-12-8(13)5-11/h7H,4-6,11H2,1-3H3,(H,12,13)(H,14,15). The first-order chi connectivity index (χ1) is 6.76. The maximum atomic E-state index is 10.9. The molecular weight excluding hydrogens is 196 g/mol. The highest BCUT2D eigenvalue weighted by Crippen LogP contribution is 2.24. The second-order valence-electron chi connectivity index (χ2n) is 4.81. The van der Waals surface area contributed by atoms with Gasteiger partial charge in [-0.1, -0.05) is 20.8 Å². The van der Waals surface area contributed by atoms with E-state index in [1.54, 1.807) is 0 Å². The first kappa shape index (κ1) is 13.9. The SMILES string of the molecule is CC(C)(C)CC(CNC(=O)CN)C(=O)O. The highest BCUT2D eigenvalue weighted by atomic mass is 16.4. The van der Waals surface area contributed by atoms with Gasteiger partial charge in [0.15, 0.2) is 0 Å². The van der Waals surface area contributed by atoms with Crippen molar-refractivity contribution in [2.75, 3.05) is 13.1 Å². The van der Waals surface area contributed by atoms with Crippen molar-refractivity contribution in [1.82, 2.24) is 5.32 Å². The van der Waals surface area contributed by atoms with E-state index in [1.165, 1.54) is 0 Å². The van der Waals surface area contributed by atoms with Gasteiger partial charge in [-0.2, -0.15) is 0 Å². The quantitative estimate of drug-likeness (QED) is 0.612. The molecule has 0 bridgehead atoms. The summed E-state index contributed by atoms with van der Waals surface area (Å²) in [6.07, 6.45) is 0.521. The molecule has 0 radical (unpaired) electrons. The van der Waals surface area contributed by atoms with Gasteiger partial charge in [-0.15, -0.1) is 0 Å². The molecule has 5 heteroatoms. The Hall–Kier alpha value is -1.10.